The van der Waals surface area contributed by atoms with Crippen LogP contribution >= 0.6 is 0 Å². The lowest BCUT2D eigenvalue weighted by molar-refractivity contribution is 0.0516. The first-order chi connectivity index (χ1) is 9.76. The van der Waals surface area contributed by atoms with Crippen molar-refractivity contribution in [3.05, 3.63) is 53.7 Å². The Kier molecular flexibility index (Phi) is 4.90. The fourth-order valence-corrected chi connectivity index (χ4v) is 2.03. The lowest BCUT2D eigenvalue weighted by Gasteiger charge is -2.14. The summed E-state index contributed by atoms with van der Waals surface area (Å²) in [6.07, 6.45) is 1.98. The molecule has 0 saturated heterocycles. The molecule has 2 aromatic rings. The van der Waals surface area contributed by atoms with Crippen LogP contribution in [0, 0.1) is 0 Å². The highest BCUT2D eigenvalue weighted by atomic mass is 16.5. The van der Waals surface area contributed by atoms with E-state index >= 15 is 0 Å². The molecular formula is C15H18N2O3. The summed E-state index contributed by atoms with van der Waals surface area (Å²) in [7, 11) is 1.82. The maximum absolute atomic E-state index is 11.8. The number of carbonyl (C=O) groups is 1. The summed E-state index contributed by atoms with van der Waals surface area (Å²) >= 11 is 0. The van der Waals surface area contributed by atoms with E-state index in [1.54, 1.807) is 6.92 Å². The Morgan fingerprint density at radius 3 is 2.80 bits per heavy atom. The number of hydrogen-bond donors (Lipinski definition) is 1. The molecule has 0 fully saturated rings. The van der Waals surface area contributed by atoms with Gasteiger partial charge in [0.25, 0.3) is 0 Å². The van der Waals surface area contributed by atoms with E-state index < -0.39 is 5.97 Å². The van der Waals surface area contributed by atoms with E-state index in [0.717, 1.165) is 5.56 Å². The van der Waals surface area contributed by atoms with Crippen LogP contribution in [0.5, 0.6) is 0 Å². The van der Waals surface area contributed by atoms with Crippen LogP contribution in [0.2, 0.25) is 0 Å². The second-order valence-corrected chi connectivity index (χ2v) is 4.32. The molecule has 0 spiro atoms. The fraction of sp³-hybridized carbons (Fsp3) is 0.333. The summed E-state index contributed by atoms with van der Waals surface area (Å²) < 4.78 is 10.4. The van der Waals surface area contributed by atoms with Crippen LogP contribution in [0.15, 0.2) is 41.1 Å². The SMILES string of the molecule is CCOC(=O)c1ncoc1[C@H](Cc1ccccc1)NC. The van der Waals surface area contributed by atoms with Crippen molar-refractivity contribution in [2.24, 2.45) is 0 Å². The number of likely N-dealkylation sites (N-methyl/N-ethyl adjacent to an activating group) is 1. The number of nitrogens with zero attached hydrogens (tertiary/aromatic N) is 1. The Morgan fingerprint density at radius 1 is 1.40 bits per heavy atom. The molecule has 0 amide bonds. The van der Waals surface area contributed by atoms with Gasteiger partial charge in [0.15, 0.2) is 17.8 Å². The molecule has 1 N–H and O–H groups in total. The summed E-state index contributed by atoms with van der Waals surface area (Å²) in [6.45, 7) is 2.07. The third kappa shape index (κ3) is 3.24. The van der Waals surface area contributed by atoms with Crippen molar-refractivity contribution in [2.45, 2.75) is 19.4 Å². The van der Waals surface area contributed by atoms with E-state index in [4.69, 9.17) is 9.15 Å². The molecular weight excluding hydrogens is 256 g/mol. The van der Waals surface area contributed by atoms with E-state index in [2.05, 4.69) is 10.3 Å². The van der Waals surface area contributed by atoms with Crippen molar-refractivity contribution in [1.82, 2.24) is 10.3 Å². The Balaban J connectivity index is 2.20. The standard InChI is InChI=1S/C15H18N2O3/c1-3-19-15(18)13-14(20-10-17-13)12(16-2)9-11-7-5-4-6-8-11/h4-8,10,12,16H,3,9H2,1-2H3/t12-/m0/s1. The number of hydrogen-bond acceptors (Lipinski definition) is 5. The number of rotatable bonds is 6. The average Bonchev–Trinajstić information content (AvgIpc) is 2.95. The van der Waals surface area contributed by atoms with E-state index in [-0.39, 0.29) is 11.7 Å². The van der Waals surface area contributed by atoms with Gasteiger partial charge in [-0.25, -0.2) is 9.78 Å². The molecule has 1 aromatic carbocycles. The molecule has 1 atom stereocenters. The quantitative estimate of drug-likeness (QED) is 0.819. The number of ether oxygens (including phenoxy) is 1. The molecule has 0 aliphatic heterocycles. The highest BCUT2D eigenvalue weighted by Crippen LogP contribution is 2.22. The molecule has 1 aromatic heterocycles. The minimum absolute atomic E-state index is 0.126. The number of oxazole rings is 1. The fourth-order valence-electron chi connectivity index (χ4n) is 2.03. The molecule has 1 heterocycles. The van der Waals surface area contributed by atoms with Crippen LogP contribution in [0.3, 0.4) is 0 Å². The van der Waals surface area contributed by atoms with Gasteiger partial charge in [0.2, 0.25) is 0 Å². The molecule has 5 nitrogen and oxygen atoms in total. The van der Waals surface area contributed by atoms with Gasteiger partial charge in [0.05, 0.1) is 12.6 Å². The summed E-state index contributed by atoms with van der Waals surface area (Å²) in [5.74, 6) is 0.0550. The van der Waals surface area contributed by atoms with Gasteiger partial charge in [0.1, 0.15) is 0 Å². The van der Waals surface area contributed by atoms with E-state index in [0.29, 0.717) is 18.8 Å². The van der Waals surface area contributed by atoms with Crippen molar-refractivity contribution in [3.8, 4) is 0 Å². The van der Waals surface area contributed by atoms with E-state index in [1.165, 1.54) is 6.39 Å². The maximum Gasteiger partial charge on any atom is 0.360 e. The number of carbonyl (C=O) groups excluding carboxylic acids is 1. The number of benzene rings is 1. The van der Waals surface area contributed by atoms with Crippen molar-refractivity contribution in [1.29, 1.82) is 0 Å². The van der Waals surface area contributed by atoms with Crippen molar-refractivity contribution >= 4 is 5.97 Å². The predicted octanol–water partition coefficient (Wildman–Crippen LogP) is 2.35. The normalized spacial score (nSPS) is 12.1. The first-order valence-corrected chi connectivity index (χ1v) is 6.58. The van der Waals surface area contributed by atoms with Crippen molar-refractivity contribution in [3.63, 3.8) is 0 Å². The molecule has 0 radical (unpaired) electrons. The van der Waals surface area contributed by atoms with Crippen molar-refractivity contribution in [2.75, 3.05) is 13.7 Å². The zero-order valence-corrected chi connectivity index (χ0v) is 11.6. The van der Waals surface area contributed by atoms with Crippen LogP contribution in [-0.2, 0) is 11.2 Å². The van der Waals surface area contributed by atoms with Gasteiger partial charge in [-0.1, -0.05) is 30.3 Å². The van der Waals surface area contributed by atoms with Crippen LogP contribution < -0.4 is 5.32 Å². The largest absolute Gasteiger partial charge is 0.461 e. The zero-order chi connectivity index (χ0) is 14.4. The number of nitrogens with one attached hydrogen (secondary N) is 1. The van der Waals surface area contributed by atoms with Crippen LogP contribution in [0.1, 0.15) is 34.8 Å². The first kappa shape index (κ1) is 14.3. The first-order valence-electron chi connectivity index (χ1n) is 6.58. The molecule has 0 unspecified atom stereocenters. The van der Waals surface area contributed by atoms with E-state index in [9.17, 15) is 4.79 Å². The molecule has 0 saturated carbocycles. The Hall–Kier alpha value is -2.14. The second-order valence-electron chi connectivity index (χ2n) is 4.32. The number of esters is 1. The van der Waals surface area contributed by atoms with Crippen molar-refractivity contribution < 1.29 is 13.9 Å². The summed E-state index contributed by atoms with van der Waals surface area (Å²) in [6, 6.07) is 9.87. The Morgan fingerprint density at radius 2 is 2.15 bits per heavy atom. The van der Waals surface area contributed by atoms with Gasteiger partial charge in [-0.2, -0.15) is 0 Å². The van der Waals surface area contributed by atoms with Gasteiger partial charge in [-0.3, -0.25) is 0 Å². The molecule has 0 aliphatic rings. The lowest BCUT2D eigenvalue weighted by Crippen LogP contribution is -2.21. The van der Waals surface area contributed by atoms with Gasteiger partial charge >= 0.3 is 5.97 Å². The third-order valence-electron chi connectivity index (χ3n) is 3.01. The summed E-state index contributed by atoms with van der Waals surface area (Å²) in [5.41, 5.74) is 1.39. The molecule has 0 bridgehead atoms. The van der Waals surface area contributed by atoms with Crippen LogP contribution in [0.4, 0.5) is 0 Å². The number of aromatic nitrogens is 1. The topological polar surface area (TPSA) is 64.4 Å². The van der Waals surface area contributed by atoms with Gasteiger partial charge in [-0.15, -0.1) is 0 Å². The Bertz CT molecular complexity index is 551. The lowest BCUT2D eigenvalue weighted by atomic mass is 10.0. The van der Waals surface area contributed by atoms with Crippen LogP contribution in [-0.4, -0.2) is 24.6 Å². The molecule has 20 heavy (non-hydrogen) atoms. The van der Waals surface area contributed by atoms with Gasteiger partial charge < -0.3 is 14.5 Å². The predicted molar refractivity (Wildman–Crippen MR) is 74.4 cm³/mol. The summed E-state index contributed by atoms with van der Waals surface area (Å²) in [5, 5.41) is 3.15. The minimum Gasteiger partial charge on any atom is -0.461 e. The zero-order valence-electron chi connectivity index (χ0n) is 11.6. The third-order valence-corrected chi connectivity index (χ3v) is 3.01. The molecule has 2 rings (SSSR count). The Labute approximate surface area is 118 Å². The second kappa shape index (κ2) is 6.86. The summed E-state index contributed by atoms with van der Waals surface area (Å²) in [4.78, 5) is 15.8. The average molecular weight is 274 g/mol. The maximum atomic E-state index is 11.8. The molecule has 0 aliphatic carbocycles. The smallest absolute Gasteiger partial charge is 0.360 e. The molecule has 5 heteroatoms. The van der Waals surface area contributed by atoms with Crippen LogP contribution in [0.25, 0.3) is 0 Å². The highest BCUT2D eigenvalue weighted by molar-refractivity contribution is 5.88. The monoisotopic (exact) mass is 274 g/mol. The minimum atomic E-state index is -0.454. The van der Waals surface area contributed by atoms with Gasteiger partial charge in [0, 0.05) is 0 Å². The molecule has 106 valence electrons. The highest BCUT2D eigenvalue weighted by Gasteiger charge is 2.24. The van der Waals surface area contributed by atoms with Gasteiger partial charge in [-0.05, 0) is 26.0 Å². The van der Waals surface area contributed by atoms with E-state index in [1.807, 2.05) is 37.4 Å².